The first-order valence-electron chi connectivity index (χ1n) is 6.37. The van der Waals surface area contributed by atoms with Crippen molar-refractivity contribution in [2.75, 3.05) is 6.54 Å². The fraction of sp³-hybridized carbons (Fsp3) is 0.923. The minimum Gasteiger partial charge on any atom is -0.336 e. The highest BCUT2D eigenvalue weighted by atomic mass is 16.2. The van der Waals surface area contributed by atoms with E-state index in [-0.39, 0.29) is 11.4 Å². The highest BCUT2D eigenvalue weighted by Gasteiger charge is 2.28. The monoisotopic (exact) mass is 226 g/mol. The van der Waals surface area contributed by atoms with E-state index in [0.29, 0.717) is 18.6 Å². The Morgan fingerprint density at radius 3 is 2.19 bits per heavy atom. The zero-order valence-electron chi connectivity index (χ0n) is 11.3. The van der Waals surface area contributed by atoms with Gasteiger partial charge in [0.1, 0.15) is 0 Å². The van der Waals surface area contributed by atoms with Crippen LogP contribution in [0, 0.1) is 0 Å². The minimum absolute atomic E-state index is 0.0118. The van der Waals surface area contributed by atoms with Crippen LogP contribution < -0.4 is 5.32 Å². The first-order valence-corrected chi connectivity index (χ1v) is 6.37. The molecule has 1 fully saturated rings. The normalized spacial score (nSPS) is 26.9. The van der Waals surface area contributed by atoms with E-state index in [4.69, 9.17) is 0 Å². The van der Waals surface area contributed by atoms with Gasteiger partial charge in [0.05, 0.1) is 6.54 Å². The summed E-state index contributed by atoms with van der Waals surface area (Å²) in [7, 11) is 0. The van der Waals surface area contributed by atoms with Crippen LogP contribution in [0.3, 0.4) is 0 Å². The lowest BCUT2D eigenvalue weighted by molar-refractivity contribution is -0.136. The molecule has 0 bridgehead atoms. The third-order valence-electron chi connectivity index (χ3n) is 3.25. The molecule has 1 N–H and O–H groups in total. The number of hydrogen-bond donors (Lipinski definition) is 1. The molecule has 1 amide bonds. The predicted octanol–water partition coefficient (Wildman–Crippen LogP) is 2.16. The number of nitrogens with zero attached hydrogens (tertiary/aromatic N) is 1. The Bertz CT molecular complexity index is 235. The SMILES string of the molecule is CC1CCCC(C)N1C(=O)CNC(C)(C)C. The summed E-state index contributed by atoms with van der Waals surface area (Å²) in [6.07, 6.45) is 3.54. The van der Waals surface area contributed by atoms with Gasteiger partial charge in [-0.1, -0.05) is 0 Å². The molecule has 0 aliphatic carbocycles. The van der Waals surface area contributed by atoms with Crippen molar-refractivity contribution >= 4 is 5.91 Å². The average Bonchev–Trinajstić information content (AvgIpc) is 2.13. The molecule has 94 valence electrons. The molecule has 1 saturated heterocycles. The topological polar surface area (TPSA) is 32.3 Å². The maximum atomic E-state index is 12.1. The zero-order valence-corrected chi connectivity index (χ0v) is 11.3. The van der Waals surface area contributed by atoms with Gasteiger partial charge in [0.15, 0.2) is 0 Å². The van der Waals surface area contributed by atoms with E-state index in [9.17, 15) is 4.79 Å². The van der Waals surface area contributed by atoms with Gasteiger partial charge in [0.2, 0.25) is 5.91 Å². The second kappa shape index (κ2) is 5.17. The molecule has 2 unspecified atom stereocenters. The Morgan fingerprint density at radius 1 is 1.25 bits per heavy atom. The summed E-state index contributed by atoms with van der Waals surface area (Å²) in [6, 6.07) is 0.802. The molecule has 16 heavy (non-hydrogen) atoms. The summed E-state index contributed by atoms with van der Waals surface area (Å²) in [6.45, 7) is 11.0. The number of nitrogens with one attached hydrogen (secondary N) is 1. The lowest BCUT2D eigenvalue weighted by Crippen LogP contribution is -2.52. The average molecular weight is 226 g/mol. The van der Waals surface area contributed by atoms with Crippen molar-refractivity contribution in [3.63, 3.8) is 0 Å². The Hall–Kier alpha value is -0.570. The summed E-state index contributed by atoms with van der Waals surface area (Å²) in [5, 5.41) is 3.27. The number of likely N-dealkylation sites (tertiary alicyclic amines) is 1. The van der Waals surface area contributed by atoms with Crippen LogP contribution in [0.15, 0.2) is 0 Å². The molecule has 0 radical (unpaired) electrons. The molecule has 0 saturated carbocycles. The third kappa shape index (κ3) is 3.78. The maximum Gasteiger partial charge on any atom is 0.237 e. The van der Waals surface area contributed by atoms with E-state index < -0.39 is 0 Å². The summed E-state index contributed by atoms with van der Waals surface area (Å²) in [5.74, 6) is 0.245. The molecular formula is C13H26N2O. The van der Waals surface area contributed by atoms with Gasteiger partial charge in [0, 0.05) is 17.6 Å². The molecule has 3 heteroatoms. The predicted molar refractivity (Wildman–Crippen MR) is 67.4 cm³/mol. The summed E-state index contributed by atoms with van der Waals surface area (Å²) in [5.41, 5.74) is 0.0118. The smallest absolute Gasteiger partial charge is 0.237 e. The van der Waals surface area contributed by atoms with E-state index in [1.165, 1.54) is 6.42 Å². The van der Waals surface area contributed by atoms with Crippen molar-refractivity contribution in [2.45, 2.75) is 71.5 Å². The number of amides is 1. The van der Waals surface area contributed by atoms with Crippen molar-refractivity contribution in [3.05, 3.63) is 0 Å². The Balaban J connectivity index is 2.51. The molecule has 1 heterocycles. The number of piperidine rings is 1. The second-order valence-corrected chi connectivity index (χ2v) is 6.03. The highest BCUT2D eigenvalue weighted by Crippen LogP contribution is 2.22. The van der Waals surface area contributed by atoms with Crippen LogP contribution in [-0.2, 0) is 4.79 Å². The first kappa shape index (κ1) is 13.5. The second-order valence-electron chi connectivity index (χ2n) is 6.03. The van der Waals surface area contributed by atoms with Gasteiger partial charge in [-0.2, -0.15) is 0 Å². The van der Waals surface area contributed by atoms with Crippen molar-refractivity contribution in [3.8, 4) is 0 Å². The quantitative estimate of drug-likeness (QED) is 0.782. The van der Waals surface area contributed by atoms with Crippen LogP contribution in [0.1, 0.15) is 53.9 Å². The van der Waals surface area contributed by atoms with Crippen LogP contribution in [0.5, 0.6) is 0 Å². The number of carbonyl (C=O) groups excluding carboxylic acids is 1. The number of carbonyl (C=O) groups is 1. The highest BCUT2D eigenvalue weighted by molar-refractivity contribution is 5.79. The standard InChI is InChI=1S/C13H26N2O/c1-10-7-6-8-11(2)15(10)12(16)9-14-13(3,4)5/h10-11,14H,6-9H2,1-5H3. The summed E-state index contributed by atoms with van der Waals surface area (Å²) >= 11 is 0. The Morgan fingerprint density at radius 2 is 1.75 bits per heavy atom. The van der Waals surface area contributed by atoms with Gasteiger partial charge in [-0.05, 0) is 53.9 Å². The van der Waals surface area contributed by atoms with Gasteiger partial charge in [0.25, 0.3) is 0 Å². The fourth-order valence-electron chi connectivity index (χ4n) is 2.34. The van der Waals surface area contributed by atoms with Crippen molar-refractivity contribution < 1.29 is 4.79 Å². The molecule has 3 nitrogen and oxygen atoms in total. The molecule has 0 aromatic rings. The van der Waals surface area contributed by atoms with E-state index >= 15 is 0 Å². The number of hydrogen-bond acceptors (Lipinski definition) is 2. The molecule has 0 aromatic carbocycles. The van der Waals surface area contributed by atoms with Crippen molar-refractivity contribution in [1.82, 2.24) is 10.2 Å². The van der Waals surface area contributed by atoms with Crippen LogP contribution in [0.25, 0.3) is 0 Å². The fourth-order valence-corrected chi connectivity index (χ4v) is 2.34. The van der Waals surface area contributed by atoms with E-state index in [0.717, 1.165) is 12.8 Å². The lowest BCUT2D eigenvalue weighted by Gasteiger charge is -2.39. The maximum absolute atomic E-state index is 12.1. The molecule has 1 rings (SSSR count). The Labute approximate surface area is 99.6 Å². The molecule has 1 aliphatic rings. The van der Waals surface area contributed by atoms with Gasteiger partial charge < -0.3 is 10.2 Å². The van der Waals surface area contributed by atoms with Gasteiger partial charge in [-0.25, -0.2) is 0 Å². The molecule has 1 aliphatic heterocycles. The van der Waals surface area contributed by atoms with Crippen LogP contribution in [0.2, 0.25) is 0 Å². The van der Waals surface area contributed by atoms with Gasteiger partial charge in [-0.15, -0.1) is 0 Å². The zero-order chi connectivity index (χ0) is 12.3. The van der Waals surface area contributed by atoms with Crippen LogP contribution >= 0.6 is 0 Å². The summed E-state index contributed by atoms with van der Waals surface area (Å²) in [4.78, 5) is 14.2. The van der Waals surface area contributed by atoms with Gasteiger partial charge in [-0.3, -0.25) is 4.79 Å². The minimum atomic E-state index is 0.0118. The largest absolute Gasteiger partial charge is 0.336 e. The molecule has 0 aromatic heterocycles. The van der Waals surface area contributed by atoms with Crippen LogP contribution in [0.4, 0.5) is 0 Å². The molecule has 2 atom stereocenters. The molecular weight excluding hydrogens is 200 g/mol. The van der Waals surface area contributed by atoms with Crippen LogP contribution in [-0.4, -0.2) is 35.0 Å². The molecule has 0 spiro atoms. The first-order chi connectivity index (χ1) is 7.31. The van der Waals surface area contributed by atoms with Crippen molar-refractivity contribution in [1.29, 1.82) is 0 Å². The van der Waals surface area contributed by atoms with E-state index in [1.807, 2.05) is 0 Å². The third-order valence-corrected chi connectivity index (χ3v) is 3.25. The lowest BCUT2D eigenvalue weighted by atomic mass is 9.97. The van der Waals surface area contributed by atoms with Gasteiger partial charge >= 0.3 is 0 Å². The van der Waals surface area contributed by atoms with E-state index in [1.54, 1.807) is 0 Å². The van der Waals surface area contributed by atoms with Crippen molar-refractivity contribution in [2.24, 2.45) is 0 Å². The summed E-state index contributed by atoms with van der Waals surface area (Å²) < 4.78 is 0. The number of rotatable bonds is 2. The Kier molecular flexibility index (Phi) is 4.36. The van der Waals surface area contributed by atoms with E-state index in [2.05, 4.69) is 44.8 Å².